The normalized spacial score (nSPS) is 11.2. The van der Waals surface area contributed by atoms with Crippen LogP contribution in [0.5, 0.6) is 0 Å². The van der Waals surface area contributed by atoms with E-state index in [0.717, 1.165) is 31.8 Å². The van der Waals surface area contributed by atoms with Gasteiger partial charge >= 0.3 is 0 Å². The van der Waals surface area contributed by atoms with Crippen LogP contribution < -0.4 is 5.32 Å². The number of hydrogen-bond donors (Lipinski definition) is 1. The number of fused-ring (bicyclic) bond motifs is 1. The first kappa shape index (κ1) is 12.1. The Hall–Kier alpha value is -1.39. The second-order valence-electron chi connectivity index (χ2n) is 4.11. The monoisotopic (exact) mass is 233 g/mol. The third-order valence-electron chi connectivity index (χ3n) is 2.83. The van der Waals surface area contributed by atoms with Crippen LogP contribution in [-0.4, -0.2) is 30.0 Å². The highest BCUT2D eigenvalue weighted by Gasteiger charge is 2.06. The molecule has 0 saturated carbocycles. The van der Waals surface area contributed by atoms with Crippen LogP contribution in [0, 0.1) is 0 Å². The summed E-state index contributed by atoms with van der Waals surface area (Å²) >= 11 is 0. The molecule has 2 aromatic rings. The number of benzene rings is 1. The molecule has 17 heavy (non-hydrogen) atoms. The Morgan fingerprint density at radius 1 is 1.35 bits per heavy atom. The first-order valence-electron chi connectivity index (χ1n) is 5.93. The van der Waals surface area contributed by atoms with Gasteiger partial charge in [-0.05, 0) is 19.0 Å². The Bertz CT molecular complexity index is 478. The third-order valence-corrected chi connectivity index (χ3v) is 2.83. The lowest BCUT2D eigenvalue weighted by molar-refractivity contribution is 0.194. The molecule has 0 amide bonds. The van der Waals surface area contributed by atoms with Gasteiger partial charge in [0.05, 0.1) is 11.2 Å². The van der Waals surface area contributed by atoms with Crippen LogP contribution in [0.1, 0.15) is 12.1 Å². The van der Waals surface area contributed by atoms with Crippen molar-refractivity contribution in [2.75, 3.05) is 20.3 Å². The zero-order chi connectivity index (χ0) is 12.1. The van der Waals surface area contributed by atoms with Crippen molar-refractivity contribution in [3.63, 3.8) is 0 Å². The van der Waals surface area contributed by atoms with Crippen LogP contribution in [0.4, 0.5) is 0 Å². The molecule has 1 N–H and O–H groups in total. The molecule has 0 atom stereocenters. The Morgan fingerprint density at radius 2 is 2.18 bits per heavy atom. The summed E-state index contributed by atoms with van der Waals surface area (Å²) in [5.41, 5.74) is 2.29. The molecule has 1 heterocycles. The molecule has 92 valence electrons. The number of ether oxygens (including phenoxy) is 1. The molecule has 0 aliphatic rings. The summed E-state index contributed by atoms with van der Waals surface area (Å²) < 4.78 is 6.94. The van der Waals surface area contributed by atoms with E-state index in [1.54, 1.807) is 7.11 Å². The molecule has 0 radical (unpaired) electrons. The molecule has 0 bridgehead atoms. The molecule has 4 heteroatoms. The maximum atomic E-state index is 5.01. The van der Waals surface area contributed by atoms with Gasteiger partial charge in [-0.3, -0.25) is 4.68 Å². The molecule has 1 aromatic carbocycles. The maximum absolute atomic E-state index is 5.01. The number of methoxy groups -OCH3 is 1. The lowest BCUT2D eigenvalue weighted by Crippen LogP contribution is -2.16. The van der Waals surface area contributed by atoms with Crippen molar-refractivity contribution in [2.24, 2.45) is 7.05 Å². The molecule has 2 rings (SSSR count). The minimum Gasteiger partial charge on any atom is -0.385 e. The van der Waals surface area contributed by atoms with Crippen LogP contribution in [0.25, 0.3) is 10.9 Å². The minimum absolute atomic E-state index is 0.802. The second kappa shape index (κ2) is 5.80. The van der Waals surface area contributed by atoms with Gasteiger partial charge in [-0.15, -0.1) is 0 Å². The van der Waals surface area contributed by atoms with Crippen LogP contribution in [0.2, 0.25) is 0 Å². The van der Waals surface area contributed by atoms with E-state index in [9.17, 15) is 0 Å². The Morgan fingerprint density at radius 3 is 3.00 bits per heavy atom. The molecule has 0 fully saturated rings. The van der Waals surface area contributed by atoms with E-state index in [0.29, 0.717) is 0 Å². The Kier molecular flexibility index (Phi) is 4.12. The molecule has 0 saturated heterocycles. The van der Waals surface area contributed by atoms with Gasteiger partial charge in [0, 0.05) is 32.7 Å². The van der Waals surface area contributed by atoms with Crippen LogP contribution >= 0.6 is 0 Å². The summed E-state index contributed by atoms with van der Waals surface area (Å²) in [6, 6.07) is 8.31. The van der Waals surface area contributed by atoms with Gasteiger partial charge in [0.15, 0.2) is 0 Å². The number of hydrogen-bond acceptors (Lipinski definition) is 3. The van der Waals surface area contributed by atoms with E-state index in [-0.39, 0.29) is 0 Å². The summed E-state index contributed by atoms with van der Waals surface area (Å²) in [6.07, 6.45) is 1.03. The van der Waals surface area contributed by atoms with Gasteiger partial charge in [-0.2, -0.15) is 5.10 Å². The number of aromatic nitrogens is 2. The standard InChI is InChI=1S/C13H19N3O/c1-16-13-7-4-3-6-11(13)12(15-16)10-14-8-5-9-17-2/h3-4,6-7,14H,5,8-10H2,1-2H3. The fourth-order valence-corrected chi connectivity index (χ4v) is 1.97. The van der Waals surface area contributed by atoms with Crippen molar-refractivity contribution in [3.8, 4) is 0 Å². The number of aryl methyl sites for hydroxylation is 1. The largest absolute Gasteiger partial charge is 0.385 e. The van der Waals surface area contributed by atoms with E-state index >= 15 is 0 Å². The van der Waals surface area contributed by atoms with Crippen molar-refractivity contribution >= 4 is 10.9 Å². The van der Waals surface area contributed by atoms with Crippen molar-refractivity contribution in [2.45, 2.75) is 13.0 Å². The van der Waals surface area contributed by atoms with Gasteiger partial charge in [-0.1, -0.05) is 18.2 Å². The van der Waals surface area contributed by atoms with Crippen LogP contribution in [0.15, 0.2) is 24.3 Å². The van der Waals surface area contributed by atoms with Gasteiger partial charge in [-0.25, -0.2) is 0 Å². The van der Waals surface area contributed by atoms with E-state index in [1.165, 1.54) is 10.9 Å². The van der Waals surface area contributed by atoms with Gasteiger partial charge in [0.25, 0.3) is 0 Å². The Labute approximate surface area is 102 Å². The molecular weight excluding hydrogens is 214 g/mol. The molecule has 0 unspecified atom stereocenters. The van der Waals surface area contributed by atoms with Crippen molar-refractivity contribution in [1.29, 1.82) is 0 Å². The number of para-hydroxylation sites is 1. The predicted molar refractivity (Wildman–Crippen MR) is 68.9 cm³/mol. The minimum atomic E-state index is 0.802. The molecule has 4 nitrogen and oxygen atoms in total. The highest BCUT2D eigenvalue weighted by Crippen LogP contribution is 2.16. The number of nitrogens with zero attached hydrogens (tertiary/aromatic N) is 2. The van der Waals surface area contributed by atoms with Gasteiger partial charge < -0.3 is 10.1 Å². The van der Waals surface area contributed by atoms with E-state index in [4.69, 9.17) is 4.74 Å². The lowest BCUT2D eigenvalue weighted by atomic mass is 10.2. The summed E-state index contributed by atoms with van der Waals surface area (Å²) in [4.78, 5) is 0. The SMILES string of the molecule is COCCCNCc1nn(C)c2ccccc12. The zero-order valence-electron chi connectivity index (χ0n) is 10.4. The summed E-state index contributed by atoms with van der Waals surface area (Å²) in [5.74, 6) is 0. The fraction of sp³-hybridized carbons (Fsp3) is 0.462. The molecule has 0 aliphatic carbocycles. The van der Waals surface area contributed by atoms with E-state index in [2.05, 4.69) is 28.6 Å². The van der Waals surface area contributed by atoms with Crippen molar-refractivity contribution in [3.05, 3.63) is 30.0 Å². The number of nitrogens with one attached hydrogen (secondary N) is 1. The highest BCUT2D eigenvalue weighted by atomic mass is 16.5. The zero-order valence-corrected chi connectivity index (χ0v) is 10.4. The summed E-state index contributed by atoms with van der Waals surface area (Å²) in [6.45, 7) is 2.57. The van der Waals surface area contributed by atoms with Crippen LogP contribution in [0.3, 0.4) is 0 Å². The fourth-order valence-electron chi connectivity index (χ4n) is 1.97. The summed E-state index contributed by atoms with van der Waals surface area (Å²) in [5, 5.41) is 9.15. The topological polar surface area (TPSA) is 39.1 Å². The molecule has 0 aliphatic heterocycles. The van der Waals surface area contributed by atoms with E-state index in [1.807, 2.05) is 17.8 Å². The predicted octanol–water partition coefficient (Wildman–Crippen LogP) is 1.70. The second-order valence-corrected chi connectivity index (χ2v) is 4.11. The van der Waals surface area contributed by atoms with E-state index < -0.39 is 0 Å². The molecular formula is C13H19N3O. The number of rotatable bonds is 6. The molecule has 1 aromatic heterocycles. The first-order chi connectivity index (χ1) is 8.33. The van der Waals surface area contributed by atoms with Gasteiger partial charge in [0.2, 0.25) is 0 Å². The van der Waals surface area contributed by atoms with Crippen molar-refractivity contribution < 1.29 is 4.74 Å². The Balaban J connectivity index is 1.99. The average Bonchev–Trinajstić information content (AvgIpc) is 2.67. The lowest BCUT2D eigenvalue weighted by Gasteiger charge is -2.02. The third kappa shape index (κ3) is 2.84. The smallest absolute Gasteiger partial charge is 0.0841 e. The summed E-state index contributed by atoms with van der Waals surface area (Å²) in [7, 11) is 3.71. The van der Waals surface area contributed by atoms with Crippen molar-refractivity contribution in [1.82, 2.24) is 15.1 Å². The highest BCUT2D eigenvalue weighted by molar-refractivity contribution is 5.81. The quantitative estimate of drug-likeness (QED) is 0.772. The van der Waals surface area contributed by atoms with Gasteiger partial charge in [0.1, 0.15) is 0 Å². The first-order valence-corrected chi connectivity index (χ1v) is 5.93. The maximum Gasteiger partial charge on any atom is 0.0841 e. The average molecular weight is 233 g/mol. The van der Waals surface area contributed by atoms with Crippen LogP contribution in [-0.2, 0) is 18.3 Å². The molecule has 0 spiro atoms.